The number of carbonyl (C=O) groups excluding carboxylic acids is 1. The number of nitrogens with zero attached hydrogens (tertiary/aromatic N) is 3. The van der Waals surface area contributed by atoms with Gasteiger partial charge in [-0.05, 0) is 37.8 Å². The molecule has 1 aliphatic heterocycles. The summed E-state index contributed by atoms with van der Waals surface area (Å²) in [5.74, 6) is 0.653. The number of nitrogens with one attached hydrogen (secondary N) is 1. The molecular weight excluding hydrogens is 316 g/mol. The van der Waals surface area contributed by atoms with Gasteiger partial charge < -0.3 is 19.9 Å². The minimum absolute atomic E-state index is 0.00133. The zero-order valence-electron chi connectivity index (χ0n) is 15.1. The van der Waals surface area contributed by atoms with Crippen molar-refractivity contribution in [2.24, 2.45) is 13.0 Å². The molecule has 2 N–H and O–H groups in total. The predicted molar refractivity (Wildman–Crippen MR) is 97.4 cm³/mol. The van der Waals surface area contributed by atoms with Crippen LogP contribution in [0.25, 0.3) is 0 Å². The number of para-hydroxylation sites is 1. The van der Waals surface area contributed by atoms with Crippen LogP contribution in [0.15, 0.2) is 30.6 Å². The lowest BCUT2D eigenvalue weighted by Gasteiger charge is -2.35. The van der Waals surface area contributed by atoms with Crippen LogP contribution in [0.3, 0.4) is 0 Å². The van der Waals surface area contributed by atoms with Crippen molar-refractivity contribution in [3.63, 3.8) is 0 Å². The molecule has 0 bridgehead atoms. The number of carbonyl (C=O) groups is 1. The van der Waals surface area contributed by atoms with Gasteiger partial charge >= 0.3 is 6.03 Å². The molecule has 0 spiro atoms. The van der Waals surface area contributed by atoms with E-state index >= 15 is 0 Å². The maximum atomic E-state index is 12.7. The number of amides is 2. The number of anilines is 1. The third-order valence-corrected chi connectivity index (χ3v) is 5.03. The number of aromatic nitrogens is 2. The summed E-state index contributed by atoms with van der Waals surface area (Å²) in [6, 6.07) is 5.87. The highest BCUT2D eigenvalue weighted by Gasteiger charge is 2.31. The minimum Gasteiger partial charge on any atom is -0.385 e. The summed E-state index contributed by atoms with van der Waals surface area (Å²) in [6.07, 6.45) is 4.63. The van der Waals surface area contributed by atoms with Crippen molar-refractivity contribution in [3.05, 3.63) is 47.5 Å². The van der Waals surface area contributed by atoms with Gasteiger partial charge in [-0.1, -0.05) is 18.2 Å². The number of rotatable bonds is 3. The van der Waals surface area contributed by atoms with E-state index in [2.05, 4.69) is 10.3 Å². The molecule has 0 saturated carbocycles. The zero-order valence-corrected chi connectivity index (χ0v) is 15.1. The number of benzene rings is 1. The van der Waals surface area contributed by atoms with Gasteiger partial charge in [-0.15, -0.1) is 0 Å². The van der Waals surface area contributed by atoms with E-state index in [1.54, 1.807) is 11.1 Å². The first-order valence-electron chi connectivity index (χ1n) is 8.75. The molecule has 2 unspecified atom stereocenters. The van der Waals surface area contributed by atoms with Crippen LogP contribution >= 0.6 is 0 Å². The molecule has 134 valence electrons. The third kappa shape index (κ3) is 3.69. The van der Waals surface area contributed by atoms with Gasteiger partial charge in [0, 0.05) is 44.1 Å². The number of aliphatic hydroxyl groups excluding tert-OH is 1. The first-order chi connectivity index (χ1) is 12.0. The van der Waals surface area contributed by atoms with Gasteiger partial charge in [0.25, 0.3) is 0 Å². The van der Waals surface area contributed by atoms with Gasteiger partial charge in [-0.2, -0.15) is 0 Å². The second kappa shape index (κ2) is 7.27. The van der Waals surface area contributed by atoms with E-state index in [-0.39, 0.29) is 11.9 Å². The summed E-state index contributed by atoms with van der Waals surface area (Å²) in [5.41, 5.74) is 2.98. The standard InChI is InChI=1S/C19H26N4O2/c1-13-6-4-7-14(2)16(13)21-19(25)23-10-5-8-15(12-23)17(24)18-20-9-11-22(18)3/h4,6-7,9,11,15,17,24H,5,8,10,12H2,1-3H3,(H,21,25). The summed E-state index contributed by atoms with van der Waals surface area (Å²) in [5, 5.41) is 13.7. The van der Waals surface area contributed by atoms with Crippen LogP contribution in [0.4, 0.5) is 10.5 Å². The highest BCUT2D eigenvalue weighted by atomic mass is 16.3. The minimum atomic E-state index is -0.657. The van der Waals surface area contributed by atoms with Crippen LogP contribution in [0.2, 0.25) is 0 Å². The Kier molecular flexibility index (Phi) is 5.08. The Morgan fingerprint density at radius 1 is 1.36 bits per heavy atom. The van der Waals surface area contributed by atoms with Crippen LogP contribution < -0.4 is 5.32 Å². The molecule has 2 heterocycles. The van der Waals surface area contributed by atoms with E-state index < -0.39 is 6.10 Å². The van der Waals surface area contributed by atoms with E-state index in [1.807, 2.05) is 49.9 Å². The number of urea groups is 1. The number of aryl methyl sites for hydroxylation is 3. The van der Waals surface area contributed by atoms with Crippen molar-refractivity contribution in [2.45, 2.75) is 32.8 Å². The van der Waals surface area contributed by atoms with E-state index in [0.29, 0.717) is 18.9 Å². The third-order valence-electron chi connectivity index (χ3n) is 5.03. The molecule has 2 aromatic rings. The number of likely N-dealkylation sites (tertiary alicyclic amines) is 1. The van der Waals surface area contributed by atoms with Crippen molar-refractivity contribution < 1.29 is 9.90 Å². The van der Waals surface area contributed by atoms with Crippen LogP contribution in [-0.4, -0.2) is 38.7 Å². The van der Waals surface area contributed by atoms with Crippen LogP contribution in [0, 0.1) is 19.8 Å². The predicted octanol–water partition coefficient (Wildman–Crippen LogP) is 3.01. The van der Waals surface area contributed by atoms with Gasteiger partial charge in [-0.3, -0.25) is 0 Å². The first kappa shape index (κ1) is 17.5. The Bertz CT molecular complexity index is 735. The maximum absolute atomic E-state index is 12.7. The molecule has 1 fully saturated rings. The highest BCUT2D eigenvalue weighted by molar-refractivity contribution is 5.91. The molecular formula is C19H26N4O2. The largest absolute Gasteiger partial charge is 0.385 e. The molecule has 2 amide bonds. The molecule has 0 aliphatic carbocycles. The summed E-state index contributed by atoms with van der Waals surface area (Å²) in [4.78, 5) is 18.7. The highest BCUT2D eigenvalue weighted by Crippen LogP contribution is 2.29. The molecule has 0 radical (unpaired) electrons. The van der Waals surface area contributed by atoms with Gasteiger partial charge in [-0.25, -0.2) is 9.78 Å². The smallest absolute Gasteiger partial charge is 0.321 e. The monoisotopic (exact) mass is 342 g/mol. The molecule has 1 saturated heterocycles. The molecule has 6 heteroatoms. The summed E-state index contributed by atoms with van der Waals surface area (Å²) in [7, 11) is 1.87. The van der Waals surface area contributed by atoms with Crippen molar-refractivity contribution in [1.29, 1.82) is 0 Å². The Morgan fingerprint density at radius 3 is 2.72 bits per heavy atom. The van der Waals surface area contributed by atoms with E-state index in [1.165, 1.54) is 0 Å². The second-order valence-corrected chi connectivity index (χ2v) is 6.89. The molecule has 1 aromatic heterocycles. The Labute approximate surface area is 148 Å². The number of hydrogen-bond acceptors (Lipinski definition) is 3. The number of hydrogen-bond donors (Lipinski definition) is 2. The molecule has 1 aromatic carbocycles. The fourth-order valence-electron chi connectivity index (χ4n) is 3.52. The lowest BCUT2D eigenvalue weighted by Crippen LogP contribution is -2.44. The van der Waals surface area contributed by atoms with Gasteiger partial charge in [0.15, 0.2) is 0 Å². The zero-order chi connectivity index (χ0) is 18.0. The number of aliphatic hydroxyl groups is 1. The molecule has 1 aliphatic rings. The number of imidazole rings is 1. The maximum Gasteiger partial charge on any atom is 0.321 e. The van der Waals surface area contributed by atoms with Crippen molar-refractivity contribution in [2.75, 3.05) is 18.4 Å². The van der Waals surface area contributed by atoms with E-state index in [9.17, 15) is 9.90 Å². The summed E-state index contributed by atoms with van der Waals surface area (Å²) < 4.78 is 1.83. The van der Waals surface area contributed by atoms with Gasteiger partial charge in [0.2, 0.25) is 0 Å². The SMILES string of the molecule is Cc1cccc(C)c1NC(=O)N1CCCC(C(O)c2nccn2C)C1. The average Bonchev–Trinajstić information content (AvgIpc) is 3.03. The topological polar surface area (TPSA) is 70.4 Å². The molecule has 3 rings (SSSR count). The Hall–Kier alpha value is -2.34. The van der Waals surface area contributed by atoms with Crippen LogP contribution in [0.5, 0.6) is 0 Å². The van der Waals surface area contributed by atoms with Crippen LogP contribution in [0.1, 0.15) is 35.9 Å². The molecule has 2 atom stereocenters. The second-order valence-electron chi connectivity index (χ2n) is 6.89. The van der Waals surface area contributed by atoms with Crippen molar-refractivity contribution in [1.82, 2.24) is 14.5 Å². The molecule has 25 heavy (non-hydrogen) atoms. The van der Waals surface area contributed by atoms with E-state index in [4.69, 9.17) is 0 Å². The molecule has 6 nitrogen and oxygen atoms in total. The Morgan fingerprint density at radius 2 is 2.08 bits per heavy atom. The lowest BCUT2D eigenvalue weighted by molar-refractivity contribution is 0.0552. The van der Waals surface area contributed by atoms with Gasteiger partial charge in [0.1, 0.15) is 11.9 Å². The number of piperidine rings is 1. The van der Waals surface area contributed by atoms with Crippen LogP contribution in [-0.2, 0) is 7.05 Å². The first-order valence-corrected chi connectivity index (χ1v) is 8.75. The lowest BCUT2D eigenvalue weighted by atomic mass is 9.92. The quantitative estimate of drug-likeness (QED) is 0.901. The van der Waals surface area contributed by atoms with E-state index in [0.717, 1.165) is 29.7 Å². The summed E-state index contributed by atoms with van der Waals surface area (Å²) in [6.45, 7) is 5.23. The average molecular weight is 342 g/mol. The summed E-state index contributed by atoms with van der Waals surface area (Å²) >= 11 is 0. The Balaban J connectivity index is 1.69. The fraction of sp³-hybridized carbons (Fsp3) is 0.474. The van der Waals surface area contributed by atoms with Gasteiger partial charge in [0.05, 0.1) is 0 Å². The van der Waals surface area contributed by atoms with Crippen molar-refractivity contribution in [3.8, 4) is 0 Å². The fourth-order valence-corrected chi connectivity index (χ4v) is 3.52. The normalized spacial score (nSPS) is 18.9. The van der Waals surface area contributed by atoms with Crippen molar-refractivity contribution >= 4 is 11.7 Å².